The van der Waals surface area contributed by atoms with Gasteiger partial charge in [-0.05, 0) is 23.9 Å². The van der Waals surface area contributed by atoms with Crippen LogP contribution < -0.4 is 0 Å². The molecule has 3 aromatic heterocycles. The van der Waals surface area contributed by atoms with Gasteiger partial charge in [0.05, 0.1) is 4.70 Å². The molecule has 0 bridgehead atoms. The van der Waals surface area contributed by atoms with Crippen LogP contribution in [0.3, 0.4) is 0 Å². The number of rotatable bonds is 4. The zero-order valence-electron chi connectivity index (χ0n) is 9.85. The van der Waals surface area contributed by atoms with Gasteiger partial charge in [0.15, 0.2) is 0 Å². The molecule has 3 rings (SSSR count). The van der Waals surface area contributed by atoms with Gasteiger partial charge in [0.1, 0.15) is 0 Å². The van der Waals surface area contributed by atoms with Crippen molar-refractivity contribution in [1.29, 1.82) is 0 Å². The summed E-state index contributed by atoms with van der Waals surface area (Å²) in [6, 6.07) is 6.63. The zero-order chi connectivity index (χ0) is 11.7. The number of thiophene rings is 2. The Morgan fingerprint density at radius 3 is 2.88 bits per heavy atom. The van der Waals surface area contributed by atoms with E-state index in [1.807, 2.05) is 22.7 Å². The van der Waals surface area contributed by atoms with Crippen molar-refractivity contribution in [1.82, 2.24) is 4.57 Å². The van der Waals surface area contributed by atoms with Crippen LogP contribution in [0.15, 0.2) is 36.0 Å². The van der Waals surface area contributed by atoms with Gasteiger partial charge in [-0.25, -0.2) is 0 Å². The summed E-state index contributed by atoms with van der Waals surface area (Å²) in [5.41, 5.74) is 0. The van der Waals surface area contributed by atoms with E-state index in [1.165, 1.54) is 32.7 Å². The first-order valence-electron chi connectivity index (χ1n) is 6.00. The second-order valence-electron chi connectivity index (χ2n) is 4.26. The van der Waals surface area contributed by atoms with Crippen molar-refractivity contribution in [2.24, 2.45) is 0 Å². The fourth-order valence-corrected chi connectivity index (χ4v) is 3.91. The third-order valence-electron chi connectivity index (χ3n) is 2.91. The highest BCUT2D eigenvalue weighted by molar-refractivity contribution is 7.25. The maximum atomic E-state index is 2.32. The van der Waals surface area contributed by atoms with Crippen molar-refractivity contribution in [2.75, 3.05) is 0 Å². The monoisotopic (exact) mass is 261 g/mol. The second kappa shape index (κ2) is 4.67. The molecule has 3 heterocycles. The van der Waals surface area contributed by atoms with Crippen molar-refractivity contribution in [3.8, 4) is 9.75 Å². The molecule has 0 saturated carbocycles. The molecule has 0 atom stereocenters. The summed E-state index contributed by atoms with van der Waals surface area (Å²) >= 11 is 3.72. The summed E-state index contributed by atoms with van der Waals surface area (Å²) < 4.78 is 3.73. The fourth-order valence-electron chi connectivity index (χ4n) is 2.00. The lowest BCUT2D eigenvalue weighted by Gasteiger charge is -1.98. The van der Waals surface area contributed by atoms with Crippen molar-refractivity contribution in [3.63, 3.8) is 0 Å². The van der Waals surface area contributed by atoms with E-state index in [4.69, 9.17) is 0 Å². The molecule has 3 heteroatoms. The van der Waals surface area contributed by atoms with Gasteiger partial charge in [0.25, 0.3) is 0 Å². The van der Waals surface area contributed by atoms with Crippen molar-refractivity contribution in [3.05, 3.63) is 36.0 Å². The smallest absolute Gasteiger partial charge is 0.0526 e. The highest BCUT2D eigenvalue weighted by Crippen LogP contribution is 2.36. The average molecular weight is 261 g/mol. The number of fused-ring (bicyclic) bond motifs is 1. The van der Waals surface area contributed by atoms with Gasteiger partial charge in [0, 0.05) is 34.1 Å². The number of aryl methyl sites for hydroxylation is 1. The molecule has 0 fully saturated rings. The minimum atomic E-state index is 1.15. The van der Waals surface area contributed by atoms with E-state index in [1.54, 1.807) is 0 Å². The maximum absolute atomic E-state index is 2.32. The molecular weight excluding hydrogens is 246 g/mol. The predicted molar refractivity (Wildman–Crippen MR) is 78.0 cm³/mol. The van der Waals surface area contributed by atoms with Crippen LogP contribution in [0, 0.1) is 0 Å². The molecule has 0 N–H and O–H groups in total. The van der Waals surface area contributed by atoms with E-state index in [9.17, 15) is 0 Å². The molecular formula is C14H15NS2. The summed E-state index contributed by atoms with van der Waals surface area (Å²) in [5, 5.41) is 3.52. The molecule has 88 valence electrons. The zero-order valence-corrected chi connectivity index (χ0v) is 11.5. The van der Waals surface area contributed by atoms with Crippen LogP contribution in [0.5, 0.6) is 0 Å². The minimum Gasteiger partial charge on any atom is -0.352 e. The Hall–Kier alpha value is -1.06. The van der Waals surface area contributed by atoms with Crippen LogP contribution in [0.2, 0.25) is 0 Å². The van der Waals surface area contributed by atoms with E-state index in [-0.39, 0.29) is 0 Å². The van der Waals surface area contributed by atoms with E-state index in [2.05, 4.69) is 47.5 Å². The molecule has 1 nitrogen and oxygen atoms in total. The Morgan fingerprint density at radius 2 is 2.18 bits per heavy atom. The number of nitrogens with zero attached hydrogens (tertiary/aromatic N) is 1. The fraction of sp³-hybridized carbons (Fsp3) is 0.286. The Balaban J connectivity index is 1.91. The number of hydrogen-bond acceptors (Lipinski definition) is 2. The number of hydrogen-bond donors (Lipinski definition) is 0. The van der Waals surface area contributed by atoms with Crippen molar-refractivity contribution < 1.29 is 0 Å². The van der Waals surface area contributed by atoms with E-state index in [0.717, 1.165) is 6.54 Å². The lowest BCUT2D eigenvalue weighted by Crippen LogP contribution is -1.92. The van der Waals surface area contributed by atoms with E-state index in [0.29, 0.717) is 0 Å². The van der Waals surface area contributed by atoms with Gasteiger partial charge in [-0.15, -0.1) is 22.7 Å². The van der Waals surface area contributed by atoms with Crippen LogP contribution in [-0.4, -0.2) is 4.57 Å². The molecule has 3 aromatic rings. The third-order valence-corrected chi connectivity index (χ3v) is 5.06. The molecule has 0 radical (unpaired) electrons. The van der Waals surface area contributed by atoms with E-state index >= 15 is 0 Å². The van der Waals surface area contributed by atoms with E-state index < -0.39 is 0 Å². The standard InChI is InChI=1S/C14H15NS2/c1-2-3-6-15-9-11-8-13(17-14(11)10-15)12-5-4-7-16-12/h4-5,7-10H,2-3,6H2,1H3. The molecule has 0 aliphatic rings. The van der Waals surface area contributed by atoms with Crippen molar-refractivity contribution >= 4 is 32.8 Å². The normalized spacial score (nSPS) is 11.4. The lowest BCUT2D eigenvalue weighted by molar-refractivity contribution is 0.637. The van der Waals surface area contributed by atoms with Crippen LogP contribution in [0.1, 0.15) is 19.8 Å². The SMILES string of the molecule is CCCCn1cc2cc(-c3cccs3)sc2c1. The highest BCUT2D eigenvalue weighted by atomic mass is 32.1. The summed E-state index contributed by atoms with van der Waals surface area (Å²) in [6.45, 7) is 3.38. The molecule has 0 aromatic carbocycles. The molecule has 0 spiro atoms. The van der Waals surface area contributed by atoms with Gasteiger partial charge in [-0.2, -0.15) is 0 Å². The molecule has 0 aliphatic carbocycles. The molecule has 0 amide bonds. The molecule has 0 aliphatic heterocycles. The average Bonchev–Trinajstić information content (AvgIpc) is 3.00. The molecule has 0 saturated heterocycles. The highest BCUT2D eigenvalue weighted by Gasteiger charge is 2.07. The Labute approximate surface area is 109 Å². The third kappa shape index (κ3) is 2.17. The van der Waals surface area contributed by atoms with Crippen molar-refractivity contribution in [2.45, 2.75) is 26.3 Å². The Morgan fingerprint density at radius 1 is 1.24 bits per heavy atom. The van der Waals surface area contributed by atoms with Crippen LogP contribution in [0.4, 0.5) is 0 Å². The largest absolute Gasteiger partial charge is 0.352 e. The summed E-state index contributed by atoms with van der Waals surface area (Å²) in [7, 11) is 0. The Kier molecular flexibility index (Phi) is 3.04. The molecule has 0 unspecified atom stereocenters. The quantitative estimate of drug-likeness (QED) is 0.606. The Bertz CT molecular complexity index is 570. The van der Waals surface area contributed by atoms with Gasteiger partial charge < -0.3 is 4.57 Å². The van der Waals surface area contributed by atoms with Crippen LogP contribution >= 0.6 is 22.7 Å². The van der Waals surface area contributed by atoms with Crippen LogP contribution in [-0.2, 0) is 6.54 Å². The lowest BCUT2D eigenvalue weighted by atomic mass is 10.3. The first-order valence-corrected chi connectivity index (χ1v) is 7.69. The second-order valence-corrected chi connectivity index (χ2v) is 6.29. The topological polar surface area (TPSA) is 4.93 Å². The number of unbranched alkanes of at least 4 members (excludes halogenated alkanes) is 1. The predicted octanol–water partition coefficient (Wildman–Crippen LogP) is 5.23. The molecule has 17 heavy (non-hydrogen) atoms. The van der Waals surface area contributed by atoms with Gasteiger partial charge in [-0.3, -0.25) is 0 Å². The van der Waals surface area contributed by atoms with Gasteiger partial charge in [-0.1, -0.05) is 19.4 Å². The van der Waals surface area contributed by atoms with Gasteiger partial charge >= 0.3 is 0 Å². The first kappa shape index (κ1) is 11.1. The summed E-state index contributed by atoms with van der Waals surface area (Å²) in [5.74, 6) is 0. The number of aromatic nitrogens is 1. The first-order chi connectivity index (χ1) is 8.36. The van der Waals surface area contributed by atoms with Gasteiger partial charge in [0.2, 0.25) is 0 Å². The maximum Gasteiger partial charge on any atom is 0.0526 e. The van der Waals surface area contributed by atoms with Crippen LogP contribution in [0.25, 0.3) is 19.8 Å². The summed E-state index contributed by atoms with van der Waals surface area (Å²) in [6.07, 6.45) is 7.08. The minimum absolute atomic E-state index is 1.15. The summed E-state index contributed by atoms with van der Waals surface area (Å²) in [4.78, 5) is 2.78.